The summed E-state index contributed by atoms with van der Waals surface area (Å²) >= 11 is 0. The largest absolute Gasteiger partial charge is 0.454 e. The highest BCUT2D eigenvalue weighted by atomic mass is 16.7. The topological polar surface area (TPSA) is 77.1 Å². The first-order valence-electron chi connectivity index (χ1n) is 9.88. The first kappa shape index (κ1) is 18.0. The van der Waals surface area contributed by atoms with E-state index in [4.69, 9.17) is 14.2 Å². The average molecular weight is 394 g/mol. The lowest BCUT2D eigenvalue weighted by Crippen LogP contribution is -2.41. The molecule has 2 amide bonds. The van der Waals surface area contributed by atoms with Gasteiger partial charge in [0.15, 0.2) is 11.5 Å². The van der Waals surface area contributed by atoms with Gasteiger partial charge in [-0.05, 0) is 42.2 Å². The van der Waals surface area contributed by atoms with Crippen LogP contribution in [0.2, 0.25) is 0 Å². The van der Waals surface area contributed by atoms with E-state index >= 15 is 0 Å². The number of rotatable bonds is 5. The minimum Gasteiger partial charge on any atom is -0.454 e. The van der Waals surface area contributed by atoms with Gasteiger partial charge in [-0.25, -0.2) is 0 Å². The molecule has 3 aliphatic heterocycles. The molecular weight excluding hydrogens is 372 g/mol. The molecule has 7 heteroatoms. The van der Waals surface area contributed by atoms with E-state index in [9.17, 15) is 9.59 Å². The zero-order valence-electron chi connectivity index (χ0n) is 15.9. The van der Waals surface area contributed by atoms with Gasteiger partial charge in [-0.2, -0.15) is 0 Å². The number of hydrogen-bond acceptors (Lipinski definition) is 5. The van der Waals surface area contributed by atoms with E-state index in [0.29, 0.717) is 30.2 Å². The summed E-state index contributed by atoms with van der Waals surface area (Å²) < 4.78 is 16.4. The van der Waals surface area contributed by atoms with Gasteiger partial charge < -0.3 is 24.4 Å². The molecule has 0 radical (unpaired) electrons. The number of hydrogen-bond donors (Lipinski definition) is 1. The standard InChI is InChI=1S/C22H22N2O5/c25-21(23-11-15-4-3-9-27-15)20-16-5-1-2-6-17(16)22(26)24(20)12-14-7-8-18-19(10-14)29-13-28-18/h1-2,5-8,10,15,20H,3-4,9,11-13H2,(H,23,25)/t15-,20+/m0/s1. The van der Waals surface area contributed by atoms with Crippen LogP contribution in [0.3, 0.4) is 0 Å². The fourth-order valence-electron chi connectivity index (χ4n) is 4.17. The third-order valence-corrected chi connectivity index (χ3v) is 5.62. The fraction of sp³-hybridized carbons (Fsp3) is 0.364. The molecule has 0 saturated carbocycles. The Kier molecular flexibility index (Phi) is 4.60. The van der Waals surface area contributed by atoms with Gasteiger partial charge in [0.05, 0.1) is 6.10 Å². The first-order valence-corrected chi connectivity index (χ1v) is 9.88. The molecular formula is C22H22N2O5. The number of fused-ring (bicyclic) bond motifs is 2. The molecule has 0 aliphatic carbocycles. The molecule has 29 heavy (non-hydrogen) atoms. The van der Waals surface area contributed by atoms with Crippen molar-refractivity contribution in [3.05, 3.63) is 59.2 Å². The Morgan fingerprint density at radius 3 is 2.86 bits per heavy atom. The van der Waals surface area contributed by atoms with E-state index in [1.165, 1.54) is 0 Å². The number of amides is 2. The van der Waals surface area contributed by atoms with Crippen LogP contribution in [0.1, 0.15) is 40.4 Å². The molecule has 2 atom stereocenters. The van der Waals surface area contributed by atoms with Gasteiger partial charge in [0.2, 0.25) is 12.7 Å². The molecule has 0 unspecified atom stereocenters. The molecule has 3 heterocycles. The molecule has 2 aromatic carbocycles. The predicted molar refractivity (Wildman–Crippen MR) is 104 cm³/mol. The maximum absolute atomic E-state index is 13.1. The Hall–Kier alpha value is -3.06. The van der Waals surface area contributed by atoms with E-state index in [1.54, 1.807) is 11.0 Å². The highest BCUT2D eigenvalue weighted by molar-refractivity contribution is 6.04. The highest BCUT2D eigenvalue weighted by Crippen LogP contribution is 2.37. The van der Waals surface area contributed by atoms with Crippen molar-refractivity contribution in [2.24, 2.45) is 0 Å². The smallest absolute Gasteiger partial charge is 0.255 e. The second-order valence-corrected chi connectivity index (χ2v) is 7.49. The summed E-state index contributed by atoms with van der Waals surface area (Å²) in [5, 5.41) is 2.98. The zero-order valence-corrected chi connectivity index (χ0v) is 15.9. The number of ether oxygens (including phenoxy) is 3. The summed E-state index contributed by atoms with van der Waals surface area (Å²) in [5.74, 6) is 1.02. The Bertz CT molecular complexity index is 954. The van der Waals surface area contributed by atoms with Gasteiger partial charge in [0, 0.05) is 25.3 Å². The second-order valence-electron chi connectivity index (χ2n) is 7.49. The van der Waals surface area contributed by atoms with E-state index < -0.39 is 6.04 Å². The van der Waals surface area contributed by atoms with Crippen LogP contribution < -0.4 is 14.8 Å². The predicted octanol–water partition coefficient (Wildman–Crippen LogP) is 2.41. The minimum absolute atomic E-state index is 0.0496. The highest BCUT2D eigenvalue weighted by Gasteiger charge is 2.41. The fourth-order valence-corrected chi connectivity index (χ4v) is 4.17. The number of nitrogens with one attached hydrogen (secondary N) is 1. The molecule has 0 spiro atoms. The van der Waals surface area contributed by atoms with E-state index in [1.807, 2.05) is 36.4 Å². The Morgan fingerprint density at radius 2 is 2.00 bits per heavy atom. The van der Waals surface area contributed by atoms with Crippen molar-refractivity contribution >= 4 is 11.8 Å². The Morgan fingerprint density at radius 1 is 1.14 bits per heavy atom. The summed E-state index contributed by atoms with van der Waals surface area (Å²) in [6.07, 6.45) is 2.01. The molecule has 1 saturated heterocycles. The molecule has 3 aliphatic rings. The van der Waals surface area contributed by atoms with Gasteiger partial charge in [-0.1, -0.05) is 24.3 Å². The third kappa shape index (κ3) is 3.31. The lowest BCUT2D eigenvalue weighted by Gasteiger charge is -2.25. The van der Waals surface area contributed by atoms with Crippen molar-refractivity contribution < 1.29 is 23.8 Å². The molecule has 0 aromatic heterocycles. The van der Waals surface area contributed by atoms with Crippen molar-refractivity contribution in [1.82, 2.24) is 10.2 Å². The normalized spacial score (nSPS) is 22.1. The molecule has 1 N–H and O–H groups in total. The van der Waals surface area contributed by atoms with E-state index in [0.717, 1.165) is 30.6 Å². The minimum atomic E-state index is -0.662. The third-order valence-electron chi connectivity index (χ3n) is 5.62. The number of nitrogens with zero attached hydrogens (tertiary/aromatic N) is 1. The molecule has 2 aromatic rings. The molecule has 7 nitrogen and oxygen atoms in total. The Balaban J connectivity index is 1.39. The summed E-state index contributed by atoms with van der Waals surface area (Å²) in [6, 6.07) is 12.2. The lowest BCUT2D eigenvalue weighted by molar-refractivity contribution is -0.126. The molecule has 1 fully saturated rings. The number of benzene rings is 2. The number of carbonyl (C=O) groups excluding carboxylic acids is 2. The Labute approximate surface area is 168 Å². The quantitative estimate of drug-likeness (QED) is 0.843. The van der Waals surface area contributed by atoms with Crippen LogP contribution in [0, 0.1) is 0 Å². The summed E-state index contributed by atoms with van der Waals surface area (Å²) in [7, 11) is 0. The van der Waals surface area contributed by atoms with Gasteiger partial charge in [0.1, 0.15) is 6.04 Å². The molecule has 150 valence electrons. The van der Waals surface area contributed by atoms with Crippen molar-refractivity contribution in [1.29, 1.82) is 0 Å². The van der Waals surface area contributed by atoms with Gasteiger partial charge in [-0.15, -0.1) is 0 Å². The van der Waals surface area contributed by atoms with Crippen molar-refractivity contribution in [2.75, 3.05) is 19.9 Å². The van der Waals surface area contributed by atoms with Crippen LogP contribution in [0.25, 0.3) is 0 Å². The zero-order chi connectivity index (χ0) is 19.8. The summed E-state index contributed by atoms with van der Waals surface area (Å²) in [5.41, 5.74) is 2.20. The summed E-state index contributed by atoms with van der Waals surface area (Å²) in [4.78, 5) is 27.8. The monoisotopic (exact) mass is 394 g/mol. The van der Waals surface area contributed by atoms with E-state index in [2.05, 4.69) is 5.32 Å². The van der Waals surface area contributed by atoms with Crippen molar-refractivity contribution in [2.45, 2.75) is 31.5 Å². The molecule has 0 bridgehead atoms. The first-order chi connectivity index (χ1) is 14.2. The van der Waals surface area contributed by atoms with Crippen LogP contribution in [-0.4, -0.2) is 42.8 Å². The lowest BCUT2D eigenvalue weighted by atomic mass is 10.0. The van der Waals surface area contributed by atoms with Gasteiger partial charge in [0.25, 0.3) is 5.91 Å². The summed E-state index contributed by atoms with van der Waals surface area (Å²) in [6.45, 7) is 1.70. The van der Waals surface area contributed by atoms with Crippen molar-refractivity contribution in [3.63, 3.8) is 0 Å². The van der Waals surface area contributed by atoms with Crippen molar-refractivity contribution in [3.8, 4) is 11.5 Å². The van der Waals surface area contributed by atoms with Crippen LogP contribution in [0.15, 0.2) is 42.5 Å². The van der Waals surface area contributed by atoms with E-state index in [-0.39, 0.29) is 24.7 Å². The van der Waals surface area contributed by atoms with Crippen LogP contribution in [-0.2, 0) is 16.1 Å². The maximum Gasteiger partial charge on any atom is 0.255 e. The maximum atomic E-state index is 13.1. The van der Waals surface area contributed by atoms with Gasteiger partial charge >= 0.3 is 0 Å². The second kappa shape index (κ2) is 7.40. The number of carbonyl (C=O) groups is 2. The van der Waals surface area contributed by atoms with Crippen LogP contribution >= 0.6 is 0 Å². The van der Waals surface area contributed by atoms with Crippen LogP contribution in [0.4, 0.5) is 0 Å². The average Bonchev–Trinajstić information content (AvgIpc) is 3.47. The van der Waals surface area contributed by atoms with Crippen LogP contribution in [0.5, 0.6) is 11.5 Å². The SMILES string of the molecule is O=C(NC[C@@H]1CCCO1)[C@H]1c2ccccc2C(=O)N1Cc1ccc2c(c1)OCO2. The molecule has 5 rings (SSSR count). The van der Waals surface area contributed by atoms with Gasteiger partial charge in [-0.3, -0.25) is 9.59 Å².